The molecule has 6 heteroatoms. The highest BCUT2D eigenvalue weighted by Gasteiger charge is 2.39. The molecule has 1 fully saturated rings. The lowest BCUT2D eigenvalue weighted by Gasteiger charge is -2.24. The van der Waals surface area contributed by atoms with E-state index in [1.54, 1.807) is 19.1 Å². The number of hydrogen-bond acceptors (Lipinski definition) is 3. The van der Waals surface area contributed by atoms with E-state index in [-0.39, 0.29) is 11.5 Å². The molecular formula is C15H17FN2O3. The molecule has 3 N–H and O–H groups in total. The van der Waals surface area contributed by atoms with Crippen LogP contribution in [-0.4, -0.2) is 30.1 Å². The Bertz CT molecular complexity index is 615. The molecule has 1 unspecified atom stereocenters. The van der Waals surface area contributed by atoms with Crippen molar-refractivity contribution in [3.8, 4) is 0 Å². The number of carbonyl (C=O) groups excluding carboxylic acids is 1. The Balaban J connectivity index is 2.35. The molecule has 1 aromatic carbocycles. The van der Waals surface area contributed by atoms with Gasteiger partial charge in [0.1, 0.15) is 5.82 Å². The van der Waals surface area contributed by atoms with E-state index in [2.05, 4.69) is 0 Å². The van der Waals surface area contributed by atoms with Crippen LogP contribution in [0.3, 0.4) is 0 Å². The predicted octanol–water partition coefficient (Wildman–Crippen LogP) is 1.63. The Labute approximate surface area is 121 Å². The summed E-state index contributed by atoms with van der Waals surface area (Å²) in [5.41, 5.74) is 5.52. The largest absolute Gasteiger partial charge is 0.478 e. The van der Waals surface area contributed by atoms with Crippen LogP contribution in [0.4, 0.5) is 10.1 Å². The second kappa shape index (κ2) is 5.55. The lowest BCUT2D eigenvalue weighted by Crippen LogP contribution is -2.37. The van der Waals surface area contributed by atoms with Gasteiger partial charge < -0.3 is 15.7 Å². The molecule has 1 aliphatic heterocycles. The van der Waals surface area contributed by atoms with Crippen molar-refractivity contribution in [3.05, 3.63) is 35.7 Å². The smallest absolute Gasteiger partial charge is 0.328 e. The monoisotopic (exact) mass is 292 g/mol. The van der Waals surface area contributed by atoms with Crippen molar-refractivity contribution in [2.75, 3.05) is 18.0 Å². The molecule has 0 bridgehead atoms. The number of primary amides is 1. The minimum atomic E-state index is -1.15. The highest BCUT2D eigenvalue weighted by atomic mass is 19.1. The Kier molecular flexibility index (Phi) is 3.97. The van der Waals surface area contributed by atoms with Gasteiger partial charge in [0.05, 0.1) is 5.41 Å². The Morgan fingerprint density at radius 3 is 2.76 bits per heavy atom. The number of carboxylic acid groups (broad SMARTS) is 1. The zero-order chi connectivity index (χ0) is 15.6. The first kappa shape index (κ1) is 15.0. The van der Waals surface area contributed by atoms with Crippen LogP contribution in [0.2, 0.25) is 0 Å². The van der Waals surface area contributed by atoms with Crippen LogP contribution < -0.4 is 10.6 Å². The van der Waals surface area contributed by atoms with Crippen molar-refractivity contribution >= 4 is 23.6 Å². The number of nitrogens with two attached hydrogens (primary N) is 1. The molecule has 0 radical (unpaired) electrons. The summed E-state index contributed by atoms with van der Waals surface area (Å²) >= 11 is 0. The molecule has 0 aliphatic carbocycles. The second-order valence-corrected chi connectivity index (χ2v) is 5.44. The topological polar surface area (TPSA) is 83.6 Å². The maximum absolute atomic E-state index is 13.9. The summed E-state index contributed by atoms with van der Waals surface area (Å²) < 4.78 is 13.9. The van der Waals surface area contributed by atoms with Crippen molar-refractivity contribution < 1.29 is 19.1 Å². The van der Waals surface area contributed by atoms with Gasteiger partial charge in [0.2, 0.25) is 5.91 Å². The average Bonchev–Trinajstić information content (AvgIpc) is 2.81. The first-order chi connectivity index (χ1) is 9.83. The first-order valence-electron chi connectivity index (χ1n) is 6.58. The molecule has 5 nitrogen and oxygen atoms in total. The molecular weight excluding hydrogens is 275 g/mol. The molecule has 21 heavy (non-hydrogen) atoms. The van der Waals surface area contributed by atoms with Crippen molar-refractivity contribution in [2.24, 2.45) is 11.1 Å². The van der Waals surface area contributed by atoms with Crippen LogP contribution in [0.5, 0.6) is 0 Å². The number of halogens is 1. The van der Waals surface area contributed by atoms with Gasteiger partial charge in [-0.25, -0.2) is 9.18 Å². The molecule has 0 aromatic heterocycles. The highest BCUT2D eigenvalue weighted by molar-refractivity contribution is 5.87. The summed E-state index contributed by atoms with van der Waals surface area (Å²) in [6.07, 6.45) is 2.71. The van der Waals surface area contributed by atoms with Crippen molar-refractivity contribution in [1.29, 1.82) is 0 Å². The van der Waals surface area contributed by atoms with Gasteiger partial charge in [-0.3, -0.25) is 4.79 Å². The fraction of sp³-hybridized carbons (Fsp3) is 0.333. The van der Waals surface area contributed by atoms with E-state index in [0.717, 1.165) is 6.08 Å². The third-order valence-corrected chi connectivity index (χ3v) is 3.83. The zero-order valence-corrected chi connectivity index (χ0v) is 11.7. The fourth-order valence-corrected chi connectivity index (χ4v) is 2.49. The number of carbonyl (C=O) groups is 2. The number of benzene rings is 1. The molecule has 112 valence electrons. The van der Waals surface area contributed by atoms with Gasteiger partial charge in [-0.15, -0.1) is 0 Å². The summed E-state index contributed by atoms with van der Waals surface area (Å²) in [4.78, 5) is 24.0. The van der Waals surface area contributed by atoms with Gasteiger partial charge in [-0.1, -0.05) is 6.07 Å². The summed E-state index contributed by atoms with van der Waals surface area (Å²) in [5.74, 6) is -2.03. The van der Waals surface area contributed by atoms with E-state index < -0.39 is 17.2 Å². The van der Waals surface area contributed by atoms with Gasteiger partial charge in [0.25, 0.3) is 0 Å². The second-order valence-electron chi connectivity index (χ2n) is 5.44. The van der Waals surface area contributed by atoms with Gasteiger partial charge in [0.15, 0.2) is 0 Å². The van der Waals surface area contributed by atoms with Crippen molar-refractivity contribution in [3.63, 3.8) is 0 Å². The fourth-order valence-electron chi connectivity index (χ4n) is 2.49. The Hall–Kier alpha value is -2.37. The number of nitrogens with zero attached hydrogens (tertiary/aromatic N) is 1. The number of anilines is 1. The number of amides is 1. The van der Waals surface area contributed by atoms with E-state index in [4.69, 9.17) is 10.8 Å². The minimum Gasteiger partial charge on any atom is -0.478 e. The average molecular weight is 292 g/mol. The molecule has 1 amide bonds. The van der Waals surface area contributed by atoms with Crippen LogP contribution in [0.1, 0.15) is 18.9 Å². The van der Waals surface area contributed by atoms with Crippen LogP contribution in [0, 0.1) is 11.2 Å². The third-order valence-electron chi connectivity index (χ3n) is 3.83. The van der Waals surface area contributed by atoms with E-state index >= 15 is 0 Å². The summed E-state index contributed by atoms with van der Waals surface area (Å²) in [5, 5.41) is 8.69. The molecule has 1 heterocycles. The lowest BCUT2D eigenvalue weighted by molar-refractivity contribution is -0.131. The third kappa shape index (κ3) is 3.04. The number of hydrogen-bond donors (Lipinski definition) is 2. The van der Waals surface area contributed by atoms with Gasteiger partial charge in [-0.05, 0) is 31.6 Å². The molecule has 1 saturated heterocycles. The Morgan fingerprint density at radius 1 is 1.48 bits per heavy atom. The quantitative estimate of drug-likeness (QED) is 0.826. The molecule has 0 saturated carbocycles. The highest BCUT2D eigenvalue weighted by Crippen LogP contribution is 2.35. The molecule has 1 aromatic rings. The summed E-state index contributed by atoms with van der Waals surface area (Å²) in [7, 11) is 0. The number of carboxylic acids is 1. The standard InChI is InChI=1S/C15H17FN2O3/c1-15(14(17)21)7-8-18(9-15)12-4-2-3-11(16)10(12)5-6-13(19)20/h2-6H,7-9H2,1H3,(H2,17,21)(H,19,20)/b6-5+. The Morgan fingerprint density at radius 2 is 2.19 bits per heavy atom. The van der Waals surface area contributed by atoms with E-state index in [1.165, 1.54) is 12.1 Å². The van der Waals surface area contributed by atoms with E-state index in [9.17, 15) is 14.0 Å². The van der Waals surface area contributed by atoms with Gasteiger partial charge in [-0.2, -0.15) is 0 Å². The van der Waals surface area contributed by atoms with Crippen molar-refractivity contribution in [1.82, 2.24) is 0 Å². The molecule has 1 atom stereocenters. The number of aliphatic carboxylic acids is 1. The molecule has 1 aliphatic rings. The molecule has 0 spiro atoms. The maximum Gasteiger partial charge on any atom is 0.328 e. The first-order valence-corrected chi connectivity index (χ1v) is 6.58. The van der Waals surface area contributed by atoms with E-state index in [1.807, 2.05) is 4.90 Å². The van der Waals surface area contributed by atoms with Gasteiger partial charge in [0, 0.05) is 30.4 Å². The van der Waals surface area contributed by atoms with E-state index in [0.29, 0.717) is 25.2 Å². The van der Waals surface area contributed by atoms with Crippen molar-refractivity contribution in [2.45, 2.75) is 13.3 Å². The molecule has 2 rings (SSSR count). The van der Waals surface area contributed by atoms with Gasteiger partial charge >= 0.3 is 5.97 Å². The van der Waals surface area contributed by atoms with Crippen LogP contribution in [-0.2, 0) is 9.59 Å². The SMILES string of the molecule is CC1(C(N)=O)CCN(c2cccc(F)c2/C=C/C(=O)O)C1. The summed E-state index contributed by atoms with van der Waals surface area (Å²) in [6, 6.07) is 4.54. The number of rotatable bonds is 4. The van der Waals surface area contributed by atoms with Crippen LogP contribution in [0.25, 0.3) is 6.08 Å². The predicted molar refractivity (Wildman–Crippen MR) is 77.2 cm³/mol. The normalized spacial score (nSPS) is 21.9. The van der Waals surface area contributed by atoms with Crippen LogP contribution in [0.15, 0.2) is 24.3 Å². The summed E-state index contributed by atoms with van der Waals surface area (Å²) in [6.45, 7) is 2.73. The lowest BCUT2D eigenvalue weighted by atomic mass is 9.89. The minimum absolute atomic E-state index is 0.202. The zero-order valence-electron chi connectivity index (χ0n) is 11.7. The maximum atomic E-state index is 13.9. The van der Waals surface area contributed by atoms with Crippen LogP contribution >= 0.6 is 0 Å².